The Hall–Kier alpha value is -0.420. The number of hydrogen-bond donors (Lipinski definition) is 2. The number of hydrogen-bond acceptors (Lipinski definition) is 4. The van der Waals surface area contributed by atoms with Crippen LogP contribution in [0.2, 0.25) is 5.02 Å². The number of benzene rings is 1. The third kappa shape index (κ3) is 4.35. The molecular weight excluding hydrogens is 270 g/mol. The van der Waals surface area contributed by atoms with Gasteiger partial charge in [-0.2, -0.15) is 11.8 Å². The second kappa shape index (κ2) is 7.89. The normalized spacial score (nSPS) is 14.3. The van der Waals surface area contributed by atoms with Crippen molar-refractivity contribution in [1.82, 2.24) is 5.32 Å². The van der Waals surface area contributed by atoms with E-state index in [0.717, 1.165) is 12.1 Å². The number of methoxy groups -OCH3 is 1. The standard InChI is InChI=1S/C13H20ClNO2S/c1-9(13(8-16)18-3)15-7-10-4-5-12(17-2)11(14)6-10/h4-6,9,13,15-16H,7-8H2,1-3H3. The van der Waals surface area contributed by atoms with E-state index in [2.05, 4.69) is 12.2 Å². The van der Waals surface area contributed by atoms with Gasteiger partial charge in [0.25, 0.3) is 0 Å². The molecule has 0 aromatic heterocycles. The van der Waals surface area contributed by atoms with E-state index < -0.39 is 0 Å². The monoisotopic (exact) mass is 289 g/mol. The molecule has 1 rings (SSSR count). The van der Waals surface area contributed by atoms with Crippen molar-refractivity contribution in [2.75, 3.05) is 20.0 Å². The maximum absolute atomic E-state index is 9.21. The van der Waals surface area contributed by atoms with Gasteiger partial charge in [-0.1, -0.05) is 17.7 Å². The van der Waals surface area contributed by atoms with Crippen molar-refractivity contribution < 1.29 is 9.84 Å². The highest BCUT2D eigenvalue weighted by Gasteiger charge is 2.14. The van der Waals surface area contributed by atoms with E-state index in [9.17, 15) is 5.11 Å². The minimum atomic E-state index is 0.179. The van der Waals surface area contributed by atoms with Gasteiger partial charge in [-0.25, -0.2) is 0 Å². The van der Waals surface area contributed by atoms with Gasteiger partial charge in [-0.05, 0) is 30.9 Å². The molecule has 2 unspecified atom stereocenters. The number of thioether (sulfide) groups is 1. The van der Waals surface area contributed by atoms with Crippen LogP contribution in [-0.2, 0) is 6.54 Å². The third-order valence-electron chi connectivity index (χ3n) is 2.88. The summed E-state index contributed by atoms with van der Waals surface area (Å²) >= 11 is 7.73. The van der Waals surface area contributed by atoms with E-state index in [4.69, 9.17) is 16.3 Å². The van der Waals surface area contributed by atoms with Crippen molar-refractivity contribution in [2.45, 2.75) is 24.8 Å². The Morgan fingerprint density at radius 3 is 2.72 bits per heavy atom. The van der Waals surface area contributed by atoms with Crippen molar-refractivity contribution in [3.05, 3.63) is 28.8 Å². The smallest absolute Gasteiger partial charge is 0.137 e. The lowest BCUT2D eigenvalue weighted by molar-refractivity contribution is 0.276. The van der Waals surface area contributed by atoms with Gasteiger partial charge < -0.3 is 15.2 Å². The first-order chi connectivity index (χ1) is 8.62. The van der Waals surface area contributed by atoms with Gasteiger partial charge in [0.15, 0.2) is 0 Å². The van der Waals surface area contributed by atoms with Gasteiger partial charge >= 0.3 is 0 Å². The molecule has 1 aromatic carbocycles. The summed E-state index contributed by atoms with van der Waals surface area (Å²) in [5, 5.41) is 13.4. The number of nitrogens with one attached hydrogen (secondary N) is 1. The first kappa shape index (κ1) is 15.6. The summed E-state index contributed by atoms with van der Waals surface area (Å²) < 4.78 is 5.11. The number of halogens is 1. The number of rotatable bonds is 7. The minimum absolute atomic E-state index is 0.179. The summed E-state index contributed by atoms with van der Waals surface area (Å²) in [6, 6.07) is 5.98. The SMILES string of the molecule is COc1ccc(CNC(C)C(CO)SC)cc1Cl. The van der Waals surface area contributed by atoms with Crippen molar-refractivity contribution in [3.8, 4) is 5.75 Å². The Balaban J connectivity index is 2.55. The van der Waals surface area contributed by atoms with Gasteiger partial charge in [-0.15, -0.1) is 0 Å². The van der Waals surface area contributed by atoms with Crippen LogP contribution in [0.3, 0.4) is 0 Å². The maximum Gasteiger partial charge on any atom is 0.137 e. The topological polar surface area (TPSA) is 41.5 Å². The largest absolute Gasteiger partial charge is 0.495 e. The van der Waals surface area contributed by atoms with Crippen LogP contribution in [0.5, 0.6) is 5.75 Å². The molecule has 102 valence electrons. The van der Waals surface area contributed by atoms with E-state index in [1.165, 1.54) is 0 Å². The Morgan fingerprint density at radius 2 is 2.22 bits per heavy atom. The van der Waals surface area contributed by atoms with Crippen LogP contribution in [0, 0.1) is 0 Å². The highest BCUT2D eigenvalue weighted by Crippen LogP contribution is 2.25. The highest BCUT2D eigenvalue weighted by atomic mass is 35.5. The average molecular weight is 290 g/mol. The zero-order valence-corrected chi connectivity index (χ0v) is 12.5. The zero-order valence-electron chi connectivity index (χ0n) is 10.9. The van der Waals surface area contributed by atoms with E-state index in [1.807, 2.05) is 24.5 Å². The lowest BCUT2D eigenvalue weighted by Crippen LogP contribution is -2.37. The average Bonchev–Trinajstić information content (AvgIpc) is 2.38. The minimum Gasteiger partial charge on any atom is -0.495 e. The molecule has 0 radical (unpaired) electrons. The molecule has 5 heteroatoms. The Bertz CT molecular complexity index is 372. The Labute approximate surface area is 118 Å². The molecule has 0 fully saturated rings. The van der Waals surface area contributed by atoms with Crippen LogP contribution in [0.1, 0.15) is 12.5 Å². The molecule has 2 atom stereocenters. The quantitative estimate of drug-likeness (QED) is 0.809. The predicted molar refractivity (Wildman–Crippen MR) is 78.7 cm³/mol. The van der Waals surface area contributed by atoms with Crippen LogP contribution in [0.15, 0.2) is 18.2 Å². The van der Waals surface area contributed by atoms with Crippen LogP contribution in [0.25, 0.3) is 0 Å². The first-order valence-electron chi connectivity index (χ1n) is 5.81. The molecule has 2 N–H and O–H groups in total. The number of ether oxygens (including phenoxy) is 1. The highest BCUT2D eigenvalue weighted by molar-refractivity contribution is 7.99. The zero-order chi connectivity index (χ0) is 13.5. The lowest BCUT2D eigenvalue weighted by Gasteiger charge is -2.21. The summed E-state index contributed by atoms with van der Waals surface area (Å²) in [6.45, 7) is 2.98. The van der Waals surface area contributed by atoms with Crippen LogP contribution < -0.4 is 10.1 Å². The van der Waals surface area contributed by atoms with Crippen LogP contribution >= 0.6 is 23.4 Å². The molecule has 0 spiro atoms. The van der Waals surface area contributed by atoms with Gasteiger partial charge in [-0.3, -0.25) is 0 Å². The predicted octanol–water partition coefficient (Wildman–Crippen LogP) is 2.55. The van der Waals surface area contributed by atoms with Crippen LogP contribution in [0.4, 0.5) is 0 Å². The fourth-order valence-electron chi connectivity index (χ4n) is 1.67. The van der Waals surface area contributed by atoms with Gasteiger partial charge in [0.2, 0.25) is 0 Å². The molecule has 1 aromatic rings. The summed E-state index contributed by atoms with van der Waals surface area (Å²) in [5.74, 6) is 0.686. The summed E-state index contributed by atoms with van der Waals surface area (Å²) in [7, 11) is 1.60. The Morgan fingerprint density at radius 1 is 1.50 bits per heavy atom. The van der Waals surface area contributed by atoms with E-state index in [1.54, 1.807) is 18.9 Å². The van der Waals surface area contributed by atoms with Gasteiger partial charge in [0.05, 0.1) is 18.7 Å². The fourth-order valence-corrected chi connectivity index (χ4v) is 2.60. The van der Waals surface area contributed by atoms with E-state index >= 15 is 0 Å². The molecular formula is C13H20ClNO2S. The molecule has 0 aliphatic heterocycles. The number of aliphatic hydroxyl groups is 1. The van der Waals surface area contributed by atoms with Crippen molar-refractivity contribution in [2.24, 2.45) is 0 Å². The van der Waals surface area contributed by atoms with Crippen molar-refractivity contribution in [1.29, 1.82) is 0 Å². The molecule has 0 saturated carbocycles. The molecule has 3 nitrogen and oxygen atoms in total. The van der Waals surface area contributed by atoms with E-state index in [-0.39, 0.29) is 17.9 Å². The molecule has 0 bridgehead atoms. The molecule has 0 amide bonds. The first-order valence-corrected chi connectivity index (χ1v) is 7.48. The van der Waals surface area contributed by atoms with Gasteiger partial charge in [0.1, 0.15) is 5.75 Å². The summed E-state index contributed by atoms with van der Waals surface area (Å²) in [4.78, 5) is 0. The second-order valence-electron chi connectivity index (χ2n) is 4.10. The van der Waals surface area contributed by atoms with Crippen molar-refractivity contribution in [3.63, 3.8) is 0 Å². The fraction of sp³-hybridized carbons (Fsp3) is 0.538. The second-order valence-corrected chi connectivity index (χ2v) is 5.58. The molecule has 0 heterocycles. The molecule has 0 aliphatic rings. The van der Waals surface area contributed by atoms with Crippen LogP contribution in [-0.4, -0.2) is 36.4 Å². The van der Waals surface area contributed by atoms with Gasteiger partial charge in [0, 0.05) is 17.8 Å². The summed E-state index contributed by atoms with van der Waals surface area (Å²) in [5.41, 5.74) is 1.10. The molecule has 0 saturated heterocycles. The molecule has 0 aliphatic carbocycles. The van der Waals surface area contributed by atoms with E-state index in [0.29, 0.717) is 10.8 Å². The maximum atomic E-state index is 9.21. The summed E-state index contributed by atoms with van der Waals surface area (Å²) in [6.07, 6.45) is 2.00. The van der Waals surface area contributed by atoms with Crippen molar-refractivity contribution >= 4 is 23.4 Å². The lowest BCUT2D eigenvalue weighted by atomic mass is 10.2. The number of aliphatic hydroxyl groups excluding tert-OH is 1. The third-order valence-corrected chi connectivity index (χ3v) is 4.34. The molecule has 18 heavy (non-hydrogen) atoms. The Kier molecular flexibility index (Phi) is 6.86.